The van der Waals surface area contributed by atoms with Crippen LogP contribution in [0.5, 0.6) is 0 Å². The maximum Gasteiger partial charge on any atom is 0.225 e. The van der Waals surface area contributed by atoms with Crippen molar-refractivity contribution in [2.45, 2.75) is 19.3 Å². The molecule has 4 nitrogen and oxygen atoms in total. The Hall–Kier alpha value is -0.940. The van der Waals surface area contributed by atoms with E-state index in [-0.39, 0.29) is 5.91 Å². The fraction of sp³-hybridized carbons (Fsp3) is 0.500. The van der Waals surface area contributed by atoms with E-state index in [4.69, 9.17) is 0 Å². The summed E-state index contributed by atoms with van der Waals surface area (Å²) in [7, 11) is 0. The van der Waals surface area contributed by atoms with E-state index in [2.05, 4.69) is 31.5 Å². The first-order valence-corrected chi connectivity index (χ1v) is 6.66. The number of nitrogens with one attached hydrogen (secondary N) is 2. The third kappa shape index (κ3) is 3.78. The Morgan fingerprint density at radius 3 is 3.24 bits per heavy atom. The van der Waals surface area contributed by atoms with Gasteiger partial charge in [0.15, 0.2) is 0 Å². The van der Waals surface area contributed by atoms with Crippen molar-refractivity contribution in [2.75, 3.05) is 18.4 Å². The second kappa shape index (κ2) is 6.12. The fourth-order valence-corrected chi connectivity index (χ4v) is 2.38. The summed E-state index contributed by atoms with van der Waals surface area (Å²) in [5.41, 5.74) is 0. The van der Waals surface area contributed by atoms with Crippen LogP contribution in [-0.4, -0.2) is 24.0 Å². The highest BCUT2D eigenvalue weighted by Crippen LogP contribution is 2.20. The van der Waals surface area contributed by atoms with Crippen LogP contribution < -0.4 is 10.6 Å². The second-order valence-corrected chi connectivity index (χ2v) is 5.15. The predicted octanol–water partition coefficient (Wildman–Crippen LogP) is 2.17. The number of piperidine rings is 1. The van der Waals surface area contributed by atoms with Gasteiger partial charge in [-0.15, -0.1) is 0 Å². The number of halogens is 1. The molecule has 5 heteroatoms. The summed E-state index contributed by atoms with van der Waals surface area (Å²) in [5, 5.41) is 6.14. The number of rotatable bonds is 3. The number of nitrogens with zero attached hydrogens (tertiary/aromatic N) is 1. The molecule has 0 spiro atoms. The number of hydrogen-bond donors (Lipinski definition) is 2. The van der Waals surface area contributed by atoms with Gasteiger partial charge in [-0.25, -0.2) is 4.98 Å². The number of aromatic nitrogens is 1. The molecule has 0 aliphatic carbocycles. The largest absolute Gasteiger partial charge is 0.316 e. The minimum Gasteiger partial charge on any atom is -0.316 e. The van der Waals surface area contributed by atoms with Gasteiger partial charge < -0.3 is 10.6 Å². The van der Waals surface area contributed by atoms with Gasteiger partial charge in [-0.05, 0) is 59.9 Å². The summed E-state index contributed by atoms with van der Waals surface area (Å²) in [6.45, 7) is 2.01. The van der Waals surface area contributed by atoms with E-state index >= 15 is 0 Å². The maximum atomic E-state index is 11.8. The highest BCUT2D eigenvalue weighted by atomic mass is 79.9. The zero-order valence-electron chi connectivity index (χ0n) is 9.58. The highest BCUT2D eigenvalue weighted by molar-refractivity contribution is 9.10. The summed E-state index contributed by atoms with van der Waals surface area (Å²) in [5.74, 6) is 1.09. The van der Waals surface area contributed by atoms with E-state index < -0.39 is 0 Å². The van der Waals surface area contributed by atoms with Crippen LogP contribution in [0, 0.1) is 5.92 Å². The van der Waals surface area contributed by atoms with E-state index in [0.29, 0.717) is 18.2 Å². The van der Waals surface area contributed by atoms with Gasteiger partial charge in [-0.3, -0.25) is 4.79 Å². The van der Waals surface area contributed by atoms with Gasteiger partial charge in [-0.2, -0.15) is 0 Å². The maximum absolute atomic E-state index is 11.8. The third-order valence-electron chi connectivity index (χ3n) is 2.89. The third-order valence-corrected chi connectivity index (χ3v) is 3.53. The van der Waals surface area contributed by atoms with Crippen LogP contribution >= 0.6 is 15.9 Å². The van der Waals surface area contributed by atoms with Gasteiger partial charge in [0.2, 0.25) is 5.91 Å². The molecule has 1 aliphatic rings. The molecule has 0 bridgehead atoms. The van der Waals surface area contributed by atoms with E-state index in [0.717, 1.165) is 30.4 Å². The van der Waals surface area contributed by atoms with Crippen molar-refractivity contribution in [3.63, 3.8) is 0 Å². The number of pyridine rings is 1. The van der Waals surface area contributed by atoms with Gasteiger partial charge in [0.1, 0.15) is 5.82 Å². The average Bonchev–Trinajstić information content (AvgIpc) is 2.33. The lowest BCUT2D eigenvalue weighted by Crippen LogP contribution is -2.32. The van der Waals surface area contributed by atoms with Gasteiger partial charge in [-0.1, -0.05) is 0 Å². The normalized spacial score (nSPS) is 19.9. The van der Waals surface area contributed by atoms with Crippen LogP contribution in [0.25, 0.3) is 0 Å². The van der Waals surface area contributed by atoms with Crippen LogP contribution in [0.1, 0.15) is 19.3 Å². The molecule has 2 heterocycles. The molecule has 0 aromatic carbocycles. The van der Waals surface area contributed by atoms with Gasteiger partial charge in [0.25, 0.3) is 0 Å². The van der Waals surface area contributed by atoms with Gasteiger partial charge in [0, 0.05) is 12.6 Å². The van der Waals surface area contributed by atoms with Gasteiger partial charge in [0.05, 0.1) is 4.47 Å². The Bertz CT molecular complexity index is 391. The number of amides is 1. The molecule has 1 unspecified atom stereocenters. The minimum absolute atomic E-state index is 0.0399. The van der Waals surface area contributed by atoms with Crippen molar-refractivity contribution in [1.82, 2.24) is 10.3 Å². The Morgan fingerprint density at radius 2 is 2.53 bits per heavy atom. The summed E-state index contributed by atoms with van der Waals surface area (Å²) in [6.07, 6.45) is 4.52. The summed E-state index contributed by atoms with van der Waals surface area (Å²) in [6, 6.07) is 3.69. The highest BCUT2D eigenvalue weighted by Gasteiger charge is 2.17. The molecule has 92 valence electrons. The zero-order chi connectivity index (χ0) is 12.1. The lowest BCUT2D eigenvalue weighted by Gasteiger charge is -2.22. The molecule has 1 amide bonds. The van der Waals surface area contributed by atoms with Crippen LogP contribution in [-0.2, 0) is 4.79 Å². The molecular formula is C12H16BrN3O. The Balaban J connectivity index is 1.86. The first-order valence-electron chi connectivity index (χ1n) is 5.87. The molecule has 17 heavy (non-hydrogen) atoms. The first kappa shape index (κ1) is 12.5. The molecule has 1 saturated heterocycles. The standard InChI is InChI=1S/C12H16BrN3O/c13-10-4-2-6-15-12(10)16-11(17)7-9-3-1-5-14-8-9/h2,4,6,9,14H,1,3,5,7-8H2,(H,15,16,17). The fourth-order valence-electron chi connectivity index (χ4n) is 2.02. The predicted molar refractivity (Wildman–Crippen MR) is 70.8 cm³/mol. The quantitative estimate of drug-likeness (QED) is 0.899. The first-order chi connectivity index (χ1) is 8.25. The van der Waals surface area contributed by atoms with Crippen molar-refractivity contribution in [2.24, 2.45) is 5.92 Å². The lowest BCUT2D eigenvalue weighted by molar-refractivity contribution is -0.117. The summed E-state index contributed by atoms with van der Waals surface area (Å²) in [4.78, 5) is 16.0. The number of carbonyl (C=O) groups is 1. The zero-order valence-corrected chi connectivity index (χ0v) is 11.2. The topological polar surface area (TPSA) is 54.0 Å². The van der Waals surface area contributed by atoms with Crippen molar-refractivity contribution < 1.29 is 4.79 Å². The molecule has 2 rings (SSSR count). The second-order valence-electron chi connectivity index (χ2n) is 4.30. The average molecular weight is 298 g/mol. The van der Waals surface area contributed by atoms with Crippen molar-refractivity contribution in [1.29, 1.82) is 0 Å². The molecule has 1 aliphatic heterocycles. The summed E-state index contributed by atoms with van der Waals surface area (Å²) >= 11 is 3.36. The molecule has 2 N–H and O–H groups in total. The van der Waals surface area contributed by atoms with E-state index in [1.54, 1.807) is 6.20 Å². The van der Waals surface area contributed by atoms with E-state index in [1.807, 2.05) is 12.1 Å². The minimum atomic E-state index is 0.0399. The van der Waals surface area contributed by atoms with Crippen LogP contribution in [0.15, 0.2) is 22.8 Å². The number of anilines is 1. The molecule has 1 fully saturated rings. The van der Waals surface area contributed by atoms with E-state index in [9.17, 15) is 4.79 Å². The number of carbonyl (C=O) groups excluding carboxylic acids is 1. The van der Waals surface area contributed by atoms with Crippen molar-refractivity contribution in [3.05, 3.63) is 22.8 Å². The van der Waals surface area contributed by atoms with Crippen molar-refractivity contribution >= 4 is 27.7 Å². The Morgan fingerprint density at radius 1 is 1.65 bits per heavy atom. The van der Waals surface area contributed by atoms with E-state index in [1.165, 1.54) is 0 Å². The Kier molecular flexibility index (Phi) is 4.50. The van der Waals surface area contributed by atoms with Crippen LogP contribution in [0.4, 0.5) is 5.82 Å². The SMILES string of the molecule is O=C(CC1CCCNC1)Nc1ncccc1Br. The molecule has 1 atom stereocenters. The summed E-state index contributed by atoms with van der Waals surface area (Å²) < 4.78 is 0.815. The molecule has 0 saturated carbocycles. The number of hydrogen-bond acceptors (Lipinski definition) is 3. The Labute approximate surface area is 109 Å². The smallest absolute Gasteiger partial charge is 0.225 e. The lowest BCUT2D eigenvalue weighted by atomic mass is 9.96. The van der Waals surface area contributed by atoms with Crippen LogP contribution in [0.3, 0.4) is 0 Å². The molecule has 1 aromatic rings. The van der Waals surface area contributed by atoms with Gasteiger partial charge >= 0.3 is 0 Å². The molecule has 1 aromatic heterocycles. The monoisotopic (exact) mass is 297 g/mol. The molecule has 0 radical (unpaired) electrons. The molecular weight excluding hydrogens is 282 g/mol. The van der Waals surface area contributed by atoms with Crippen molar-refractivity contribution in [3.8, 4) is 0 Å². The van der Waals surface area contributed by atoms with Crippen LogP contribution in [0.2, 0.25) is 0 Å².